The quantitative estimate of drug-likeness (QED) is 0.894. The van der Waals surface area contributed by atoms with E-state index in [2.05, 4.69) is 33.1 Å². The van der Waals surface area contributed by atoms with Crippen LogP contribution >= 0.6 is 0 Å². The largest absolute Gasteiger partial charge is 0.353 e. The molecule has 7 nitrogen and oxygen atoms in total. The molecule has 1 N–H and O–H groups in total. The minimum atomic E-state index is -0.0447. The van der Waals surface area contributed by atoms with E-state index in [0.717, 1.165) is 43.4 Å². The third-order valence-corrected chi connectivity index (χ3v) is 5.27. The van der Waals surface area contributed by atoms with Crippen molar-refractivity contribution in [3.8, 4) is 0 Å². The van der Waals surface area contributed by atoms with E-state index in [9.17, 15) is 4.79 Å². The molecular weight excluding hydrogens is 340 g/mol. The highest BCUT2D eigenvalue weighted by molar-refractivity contribution is 6.03. The van der Waals surface area contributed by atoms with Crippen LogP contribution in [0, 0.1) is 6.92 Å². The van der Waals surface area contributed by atoms with Crippen molar-refractivity contribution in [1.82, 2.24) is 14.7 Å². The monoisotopic (exact) mass is 366 g/mol. The lowest BCUT2D eigenvalue weighted by atomic mass is 10.2. The average molecular weight is 366 g/mol. The average Bonchev–Trinajstić information content (AvgIpc) is 3.12. The molecule has 0 spiro atoms. The predicted octanol–water partition coefficient (Wildman–Crippen LogP) is 2.52. The number of nitrogens with zero attached hydrogens (tertiary/aromatic N) is 5. The molecule has 27 heavy (non-hydrogen) atoms. The predicted molar refractivity (Wildman–Crippen MR) is 108 cm³/mol. The Morgan fingerprint density at radius 2 is 1.93 bits per heavy atom. The molecule has 1 aromatic rings. The number of piperazine rings is 1. The molecule has 142 valence electrons. The first-order valence-electron chi connectivity index (χ1n) is 9.60. The molecule has 1 unspecified atom stereocenters. The molecule has 4 rings (SSSR count). The van der Waals surface area contributed by atoms with Crippen LogP contribution in [-0.2, 0) is 0 Å². The lowest BCUT2D eigenvalue weighted by Gasteiger charge is -2.36. The number of nitrogens with one attached hydrogen (secondary N) is 1. The summed E-state index contributed by atoms with van der Waals surface area (Å²) in [7, 11) is 0. The third-order valence-electron chi connectivity index (χ3n) is 5.27. The molecule has 1 atom stereocenters. The minimum absolute atomic E-state index is 0.0447. The maximum absolute atomic E-state index is 12.5. The number of benzene rings is 1. The van der Waals surface area contributed by atoms with Crippen LogP contribution in [0.5, 0.6) is 0 Å². The second-order valence-corrected chi connectivity index (χ2v) is 7.22. The van der Waals surface area contributed by atoms with Crippen molar-refractivity contribution < 1.29 is 4.79 Å². The van der Waals surface area contributed by atoms with E-state index in [1.54, 1.807) is 0 Å². The standard InChI is InChI=1S/C20H26N6O/c1-3-16-13-26-14-21-18(12-19(26)22-16)24-8-10-25(11-9-24)20(27)23-17-6-4-15(2)5-7-17/h4-7,12,14,16H,3,8-11,13H2,1-2H3,(H,23,27). The summed E-state index contributed by atoms with van der Waals surface area (Å²) in [6, 6.07) is 8.19. The third kappa shape index (κ3) is 3.82. The number of aliphatic imine (C=N–C) groups is 2. The highest BCUT2D eigenvalue weighted by atomic mass is 16.2. The van der Waals surface area contributed by atoms with E-state index in [4.69, 9.17) is 4.99 Å². The first-order chi connectivity index (χ1) is 13.1. The Hall–Kier alpha value is -2.83. The molecule has 0 aromatic heterocycles. The van der Waals surface area contributed by atoms with Crippen molar-refractivity contribution in [2.24, 2.45) is 9.98 Å². The number of urea groups is 1. The van der Waals surface area contributed by atoms with Gasteiger partial charge in [0, 0.05) is 44.5 Å². The summed E-state index contributed by atoms with van der Waals surface area (Å²) in [6.07, 6.45) is 5.00. The Morgan fingerprint density at radius 3 is 2.63 bits per heavy atom. The van der Waals surface area contributed by atoms with Gasteiger partial charge in [0.2, 0.25) is 0 Å². The number of hydrogen-bond acceptors (Lipinski definition) is 5. The van der Waals surface area contributed by atoms with Crippen LogP contribution < -0.4 is 5.32 Å². The van der Waals surface area contributed by atoms with Crippen molar-refractivity contribution in [3.05, 3.63) is 41.7 Å². The number of carbonyl (C=O) groups excluding carboxylic acids is 1. The van der Waals surface area contributed by atoms with Crippen molar-refractivity contribution in [2.75, 3.05) is 38.0 Å². The van der Waals surface area contributed by atoms with Crippen LogP contribution in [0.15, 0.2) is 46.1 Å². The highest BCUT2D eigenvalue weighted by Crippen LogP contribution is 2.20. The molecule has 0 aliphatic carbocycles. The van der Waals surface area contributed by atoms with Gasteiger partial charge >= 0.3 is 6.03 Å². The van der Waals surface area contributed by atoms with E-state index >= 15 is 0 Å². The first-order valence-corrected chi connectivity index (χ1v) is 9.60. The van der Waals surface area contributed by atoms with Crippen molar-refractivity contribution in [2.45, 2.75) is 26.3 Å². The van der Waals surface area contributed by atoms with Crippen LogP contribution in [0.2, 0.25) is 0 Å². The molecule has 3 aliphatic heterocycles. The number of amidine groups is 1. The molecule has 2 amide bonds. The molecule has 7 heteroatoms. The van der Waals surface area contributed by atoms with Crippen molar-refractivity contribution in [3.63, 3.8) is 0 Å². The Kier molecular flexibility index (Phi) is 4.83. The fourth-order valence-electron chi connectivity index (χ4n) is 3.50. The maximum Gasteiger partial charge on any atom is 0.321 e. The van der Waals surface area contributed by atoms with Gasteiger partial charge in [-0.05, 0) is 25.5 Å². The Balaban J connectivity index is 1.33. The molecule has 1 saturated heterocycles. The number of rotatable bonds is 3. The van der Waals surface area contributed by atoms with Crippen LogP contribution in [0.3, 0.4) is 0 Å². The van der Waals surface area contributed by atoms with Gasteiger partial charge in [0.05, 0.1) is 12.4 Å². The van der Waals surface area contributed by atoms with Gasteiger partial charge in [-0.15, -0.1) is 0 Å². The Labute approximate surface area is 160 Å². The molecule has 3 heterocycles. The normalized spacial score (nSPS) is 21.7. The zero-order valence-corrected chi connectivity index (χ0v) is 15.9. The van der Waals surface area contributed by atoms with Gasteiger partial charge < -0.3 is 20.0 Å². The molecule has 1 fully saturated rings. The summed E-state index contributed by atoms with van der Waals surface area (Å²) in [5.41, 5.74) is 2.01. The Bertz CT molecular complexity index is 789. The van der Waals surface area contributed by atoms with Gasteiger partial charge in [0.25, 0.3) is 0 Å². The van der Waals surface area contributed by atoms with Gasteiger partial charge in [-0.3, -0.25) is 4.99 Å². The number of anilines is 1. The summed E-state index contributed by atoms with van der Waals surface area (Å²) < 4.78 is 0. The fourth-order valence-corrected chi connectivity index (χ4v) is 3.50. The second kappa shape index (κ2) is 7.42. The van der Waals surface area contributed by atoms with E-state index < -0.39 is 0 Å². The van der Waals surface area contributed by atoms with Crippen molar-refractivity contribution >= 4 is 23.9 Å². The maximum atomic E-state index is 12.5. The number of hydrogen-bond donors (Lipinski definition) is 1. The van der Waals surface area contributed by atoms with E-state index in [1.165, 1.54) is 5.56 Å². The smallest absolute Gasteiger partial charge is 0.321 e. The van der Waals surface area contributed by atoms with Gasteiger partial charge in [-0.1, -0.05) is 24.6 Å². The van der Waals surface area contributed by atoms with Crippen molar-refractivity contribution in [1.29, 1.82) is 0 Å². The topological polar surface area (TPSA) is 63.5 Å². The molecule has 0 radical (unpaired) electrons. The number of amides is 2. The minimum Gasteiger partial charge on any atom is -0.353 e. The van der Waals surface area contributed by atoms with E-state index in [1.807, 2.05) is 42.4 Å². The summed E-state index contributed by atoms with van der Waals surface area (Å²) in [5.74, 6) is 1.95. The molecular formula is C20H26N6O. The summed E-state index contributed by atoms with van der Waals surface area (Å²) in [6.45, 7) is 8.02. The van der Waals surface area contributed by atoms with Crippen LogP contribution in [0.25, 0.3) is 0 Å². The van der Waals surface area contributed by atoms with Gasteiger partial charge in [0.1, 0.15) is 11.7 Å². The van der Waals surface area contributed by atoms with Gasteiger partial charge in [-0.25, -0.2) is 9.79 Å². The molecule has 3 aliphatic rings. The molecule has 0 bridgehead atoms. The number of aryl methyl sites for hydroxylation is 1. The van der Waals surface area contributed by atoms with E-state index in [-0.39, 0.29) is 6.03 Å². The lowest BCUT2D eigenvalue weighted by Crippen LogP contribution is -2.49. The summed E-state index contributed by atoms with van der Waals surface area (Å²) in [5, 5.41) is 2.97. The zero-order valence-electron chi connectivity index (χ0n) is 15.9. The number of fused-ring (bicyclic) bond motifs is 1. The van der Waals surface area contributed by atoms with Crippen LogP contribution in [0.4, 0.5) is 10.5 Å². The molecule has 0 saturated carbocycles. The first kappa shape index (κ1) is 17.6. The SMILES string of the molecule is CCC1CN2C=NC(N3CCN(C(=O)Nc4ccc(C)cc4)CC3)=CC2=N1. The Morgan fingerprint density at radius 1 is 1.19 bits per heavy atom. The second-order valence-electron chi connectivity index (χ2n) is 7.22. The lowest BCUT2D eigenvalue weighted by molar-refractivity contribution is 0.167. The van der Waals surface area contributed by atoms with Gasteiger partial charge in [-0.2, -0.15) is 0 Å². The van der Waals surface area contributed by atoms with Gasteiger partial charge in [0.15, 0.2) is 0 Å². The fraction of sp³-hybridized carbons (Fsp3) is 0.450. The summed E-state index contributed by atoms with van der Waals surface area (Å²) in [4.78, 5) is 28.0. The highest BCUT2D eigenvalue weighted by Gasteiger charge is 2.27. The zero-order chi connectivity index (χ0) is 18.8. The molecule has 1 aromatic carbocycles. The van der Waals surface area contributed by atoms with Crippen LogP contribution in [0.1, 0.15) is 18.9 Å². The van der Waals surface area contributed by atoms with E-state index in [0.29, 0.717) is 19.1 Å². The van der Waals surface area contributed by atoms with Crippen LogP contribution in [-0.4, -0.2) is 71.7 Å². The number of carbonyl (C=O) groups is 1. The summed E-state index contributed by atoms with van der Waals surface area (Å²) >= 11 is 0.